The summed E-state index contributed by atoms with van der Waals surface area (Å²) in [6.45, 7) is 12.8. The molecule has 0 amide bonds. The summed E-state index contributed by atoms with van der Waals surface area (Å²) in [7, 11) is 0. The standard InChI is InChI=1S/C27H28O3S2/c1-26(2,3)17-11-16(12-18(25(17)30)27(4,5)6)22-14-24-23(32-22)13-21(31-24)15-7-9-19(28)20(29)10-8-15/h7-14,30H,1-6H3,(H,28,29). The highest BCUT2D eigenvalue weighted by Gasteiger charge is 2.27. The van der Waals surface area contributed by atoms with Crippen LogP contribution in [-0.2, 0) is 10.8 Å². The third kappa shape index (κ3) is 4.19. The number of hydrogen-bond donors (Lipinski definition) is 2. The van der Waals surface area contributed by atoms with Crippen molar-refractivity contribution < 1.29 is 10.2 Å². The summed E-state index contributed by atoms with van der Waals surface area (Å²) in [5.74, 6) is 0.154. The summed E-state index contributed by atoms with van der Waals surface area (Å²) in [5.41, 5.74) is 3.23. The average molecular weight is 465 g/mol. The monoisotopic (exact) mass is 464 g/mol. The molecule has 166 valence electrons. The van der Waals surface area contributed by atoms with E-state index in [9.17, 15) is 15.0 Å². The van der Waals surface area contributed by atoms with Gasteiger partial charge in [-0.3, -0.25) is 4.79 Å². The Labute approximate surface area is 196 Å². The van der Waals surface area contributed by atoms with Gasteiger partial charge in [-0.1, -0.05) is 41.5 Å². The lowest BCUT2D eigenvalue weighted by atomic mass is 9.78. The Hall–Kier alpha value is -2.63. The Balaban J connectivity index is 1.82. The van der Waals surface area contributed by atoms with Crippen LogP contribution in [0.2, 0.25) is 0 Å². The Kier molecular flexibility index (Phi) is 5.46. The van der Waals surface area contributed by atoms with Crippen molar-refractivity contribution in [3.05, 3.63) is 69.9 Å². The summed E-state index contributed by atoms with van der Waals surface area (Å²) < 4.78 is 2.36. The highest BCUT2D eigenvalue weighted by atomic mass is 32.1. The first kappa shape index (κ1) is 22.6. The Morgan fingerprint density at radius 1 is 0.656 bits per heavy atom. The molecule has 0 saturated heterocycles. The van der Waals surface area contributed by atoms with Crippen LogP contribution in [0.25, 0.3) is 30.3 Å². The van der Waals surface area contributed by atoms with E-state index in [1.807, 2.05) is 0 Å². The molecule has 0 saturated carbocycles. The third-order valence-electron chi connectivity index (χ3n) is 5.59. The number of hydrogen-bond acceptors (Lipinski definition) is 5. The van der Waals surface area contributed by atoms with Gasteiger partial charge in [0.15, 0.2) is 5.75 Å². The minimum atomic E-state index is -0.381. The van der Waals surface area contributed by atoms with Gasteiger partial charge >= 0.3 is 0 Å². The van der Waals surface area contributed by atoms with Gasteiger partial charge in [0.05, 0.1) is 0 Å². The number of phenols is 1. The molecule has 0 aliphatic rings. The minimum absolute atomic E-state index is 0.170. The number of aromatic hydroxyl groups is 2. The van der Waals surface area contributed by atoms with Crippen LogP contribution in [-0.4, -0.2) is 10.2 Å². The second-order valence-corrected chi connectivity index (χ2v) is 12.4. The van der Waals surface area contributed by atoms with Crippen molar-refractivity contribution in [2.45, 2.75) is 52.4 Å². The third-order valence-corrected chi connectivity index (χ3v) is 7.98. The van der Waals surface area contributed by atoms with Crippen molar-refractivity contribution in [3.63, 3.8) is 0 Å². The first-order valence-corrected chi connectivity index (χ1v) is 12.2. The molecule has 2 aromatic heterocycles. The van der Waals surface area contributed by atoms with Crippen molar-refractivity contribution in [2.24, 2.45) is 0 Å². The average Bonchev–Trinajstić information content (AvgIpc) is 3.20. The molecule has 0 unspecified atom stereocenters. The number of rotatable bonds is 2. The first-order chi connectivity index (χ1) is 14.8. The van der Waals surface area contributed by atoms with Crippen LogP contribution in [0.1, 0.15) is 52.7 Å². The lowest BCUT2D eigenvalue weighted by Crippen LogP contribution is -2.17. The van der Waals surface area contributed by atoms with Crippen LogP contribution in [0.5, 0.6) is 11.5 Å². The Morgan fingerprint density at radius 2 is 1.12 bits per heavy atom. The van der Waals surface area contributed by atoms with Crippen LogP contribution >= 0.6 is 22.7 Å². The minimum Gasteiger partial charge on any atom is -0.507 e. The maximum Gasteiger partial charge on any atom is 0.220 e. The van der Waals surface area contributed by atoms with Gasteiger partial charge in [0, 0.05) is 30.3 Å². The fourth-order valence-electron chi connectivity index (χ4n) is 3.76. The van der Waals surface area contributed by atoms with Crippen LogP contribution in [0, 0.1) is 0 Å². The predicted molar refractivity (Wildman–Crippen MR) is 138 cm³/mol. The number of thiophene rings is 2. The van der Waals surface area contributed by atoms with E-state index in [1.54, 1.807) is 34.8 Å². The zero-order valence-corrected chi connectivity index (χ0v) is 20.9. The largest absolute Gasteiger partial charge is 0.507 e. The number of benzene rings is 1. The van der Waals surface area contributed by atoms with Crippen LogP contribution in [0.4, 0.5) is 0 Å². The number of phenolic OH excluding ortho intramolecular Hbond substituents is 1. The molecule has 32 heavy (non-hydrogen) atoms. The van der Waals surface area contributed by atoms with Crippen LogP contribution in [0.15, 0.2) is 53.3 Å². The van der Waals surface area contributed by atoms with E-state index in [1.165, 1.54) is 26.4 Å². The summed E-state index contributed by atoms with van der Waals surface area (Å²) >= 11 is 3.40. The summed E-state index contributed by atoms with van der Waals surface area (Å²) in [6.07, 6.45) is 0. The van der Waals surface area contributed by atoms with Gasteiger partial charge in [-0.15, -0.1) is 22.7 Å². The number of fused-ring (bicyclic) bond motifs is 1. The van der Waals surface area contributed by atoms with E-state index in [0.29, 0.717) is 5.75 Å². The van der Waals surface area contributed by atoms with Gasteiger partial charge in [0.2, 0.25) is 5.43 Å². The molecule has 2 aromatic carbocycles. The molecular formula is C27H28O3S2. The van der Waals surface area contributed by atoms with Crippen LogP contribution in [0.3, 0.4) is 0 Å². The molecule has 5 heteroatoms. The smallest absolute Gasteiger partial charge is 0.220 e. The molecule has 2 N–H and O–H groups in total. The first-order valence-electron chi connectivity index (χ1n) is 10.6. The fourth-order valence-corrected chi connectivity index (χ4v) is 6.15. The van der Waals surface area contributed by atoms with E-state index in [0.717, 1.165) is 27.1 Å². The molecule has 0 aliphatic carbocycles. The SMILES string of the molecule is CC(C)(C)c1cc(-c2cc3sc(-c4ccc(O)c(=O)cc4)cc3s2)cc(C(C)(C)C)c1O. The van der Waals surface area contributed by atoms with E-state index in [2.05, 4.69) is 65.8 Å². The van der Waals surface area contributed by atoms with E-state index in [4.69, 9.17) is 0 Å². The molecule has 0 bridgehead atoms. The lowest BCUT2D eigenvalue weighted by Gasteiger charge is -2.28. The normalized spacial score (nSPS) is 12.4. The van der Waals surface area contributed by atoms with Crippen molar-refractivity contribution in [1.82, 2.24) is 0 Å². The molecular weight excluding hydrogens is 436 g/mol. The molecule has 0 atom stereocenters. The molecule has 3 nitrogen and oxygen atoms in total. The molecule has 0 radical (unpaired) electrons. The van der Waals surface area contributed by atoms with Crippen molar-refractivity contribution in [1.29, 1.82) is 0 Å². The summed E-state index contributed by atoms with van der Waals surface area (Å²) in [6, 6.07) is 15.0. The second-order valence-electron chi connectivity index (χ2n) is 10.2. The topological polar surface area (TPSA) is 57.5 Å². The van der Waals surface area contributed by atoms with Gasteiger partial charge in [0.25, 0.3) is 0 Å². The molecule has 0 aliphatic heterocycles. The van der Waals surface area contributed by atoms with Crippen LogP contribution < -0.4 is 5.43 Å². The van der Waals surface area contributed by atoms with E-state index >= 15 is 0 Å². The lowest BCUT2D eigenvalue weighted by molar-refractivity contribution is 0.423. The van der Waals surface area contributed by atoms with Gasteiger partial charge in [-0.05, 0) is 70.5 Å². The molecule has 0 fully saturated rings. The Bertz CT molecular complexity index is 1310. The van der Waals surface area contributed by atoms with Gasteiger partial charge in [0.1, 0.15) is 5.75 Å². The van der Waals surface area contributed by atoms with Crippen molar-refractivity contribution >= 4 is 32.1 Å². The van der Waals surface area contributed by atoms with Crippen molar-refractivity contribution in [2.75, 3.05) is 0 Å². The highest BCUT2D eigenvalue weighted by Crippen LogP contribution is 2.46. The van der Waals surface area contributed by atoms with Crippen molar-refractivity contribution in [3.8, 4) is 32.4 Å². The van der Waals surface area contributed by atoms with E-state index in [-0.39, 0.29) is 22.0 Å². The predicted octanol–water partition coefficient (Wildman–Crippen LogP) is 7.66. The second kappa shape index (κ2) is 7.75. The molecule has 4 aromatic rings. The fraction of sp³-hybridized carbons (Fsp3) is 0.296. The maximum absolute atomic E-state index is 11.7. The van der Waals surface area contributed by atoms with Gasteiger partial charge < -0.3 is 10.2 Å². The zero-order valence-electron chi connectivity index (χ0n) is 19.2. The maximum atomic E-state index is 11.7. The zero-order chi connectivity index (χ0) is 23.4. The quantitative estimate of drug-likeness (QED) is 0.320. The summed E-state index contributed by atoms with van der Waals surface area (Å²) in [4.78, 5) is 13.9. The van der Waals surface area contributed by atoms with E-state index < -0.39 is 0 Å². The molecule has 0 spiro atoms. The van der Waals surface area contributed by atoms with Gasteiger partial charge in [-0.2, -0.15) is 0 Å². The highest BCUT2D eigenvalue weighted by molar-refractivity contribution is 7.31. The summed E-state index contributed by atoms with van der Waals surface area (Å²) in [5, 5.41) is 20.7. The molecule has 4 rings (SSSR count). The van der Waals surface area contributed by atoms with Gasteiger partial charge in [-0.25, -0.2) is 0 Å². The Morgan fingerprint density at radius 3 is 1.62 bits per heavy atom. The molecule has 2 heterocycles.